The van der Waals surface area contributed by atoms with E-state index in [0.717, 1.165) is 38.5 Å². The maximum Gasteiger partial charge on any atom is 0.305 e. The molecule has 1 atom stereocenters. The standard InChI is InChI=1S/C46H55N9O4/c1-3-4-5-6-7-8-9-10-11-12-13-14-15-16-20-27-40(56)59-31-30-53-33-38(50-52-53)37-26-21-23-35-32-39(55(46(58)41(35)37)36-24-18-17-19-25-36)34(2)49-45(57)42-43(47)51-54-29-22-28-48-44(42)54/h7-8,10-11,17-19,21-26,28-29,32-34H,3-6,9,12-16,20,27,30-31H2,1-2H3,(H2,47,51)(H,49,57)/b8-7+,11-10-/t34-/m1/s1. The van der Waals surface area contributed by atoms with E-state index in [1.165, 1.54) is 36.6 Å². The number of carbonyl (C=O) groups is 2. The Bertz CT molecular complexity index is 2430. The first-order valence-corrected chi connectivity index (χ1v) is 20.9. The fourth-order valence-corrected chi connectivity index (χ4v) is 7.16. The number of nitrogen functional groups attached to an aromatic ring is 1. The number of nitrogens with two attached hydrogens (primary N) is 1. The monoisotopic (exact) mass is 797 g/mol. The molecule has 308 valence electrons. The van der Waals surface area contributed by atoms with Gasteiger partial charge in [-0.25, -0.2) is 14.2 Å². The highest BCUT2D eigenvalue weighted by Crippen LogP contribution is 2.29. The molecule has 2 aromatic carbocycles. The van der Waals surface area contributed by atoms with E-state index in [0.29, 0.717) is 52.0 Å². The van der Waals surface area contributed by atoms with E-state index < -0.39 is 11.9 Å². The second-order valence-electron chi connectivity index (χ2n) is 14.7. The second kappa shape index (κ2) is 21.4. The number of allylic oxidation sites excluding steroid dienone is 4. The fourth-order valence-electron chi connectivity index (χ4n) is 7.16. The van der Waals surface area contributed by atoms with Crippen molar-refractivity contribution in [3.8, 4) is 16.9 Å². The summed E-state index contributed by atoms with van der Waals surface area (Å²) in [5.74, 6) is -0.629. The lowest BCUT2D eigenvalue weighted by Crippen LogP contribution is -2.32. The predicted molar refractivity (Wildman–Crippen MR) is 232 cm³/mol. The highest BCUT2D eigenvalue weighted by Gasteiger charge is 2.24. The van der Waals surface area contributed by atoms with Crippen molar-refractivity contribution in [3.05, 3.63) is 125 Å². The van der Waals surface area contributed by atoms with Gasteiger partial charge in [0.2, 0.25) is 0 Å². The molecule has 59 heavy (non-hydrogen) atoms. The van der Waals surface area contributed by atoms with Gasteiger partial charge in [-0.1, -0.05) is 105 Å². The number of esters is 1. The molecule has 0 unspecified atom stereocenters. The number of benzene rings is 2. The fraction of sp³-hybridized carbons (Fsp3) is 0.370. The normalized spacial score (nSPS) is 12.2. The number of carbonyl (C=O) groups excluding carboxylic acids is 2. The van der Waals surface area contributed by atoms with Crippen molar-refractivity contribution in [3.63, 3.8) is 0 Å². The number of unbranched alkanes of at least 4 members (excludes halogenated alkanes) is 8. The number of fused-ring (bicyclic) bond motifs is 2. The molecule has 1 amide bonds. The number of hydrogen-bond acceptors (Lipinski definition) is 9. The minimum Gasteiger partial charge on any atom is -0.464 e. The molecule has 0 saturated heterocycles. The van der Waals surface area contributed by atoms with Gasteiger partial charge < -0.3 is 15.8 Å². The number of nitrogens with one attached hydrogen (secondary N) is 1. The Hall–Kier alpha value is -6.37. The first kappa shape index (κ1) is 42.2. The van der Waals surface area contributed by atoms with Gasteiger partial charge in [-0.2, -0.15) is 0 Å². The second-order valence-corrected chi connectivity index (χ2v) is 14.7. The van der Waals surface area contributed by atoms with Gasteiger partial charge in [-0.3, -0.25) is 19.0 Å². The van der Waals surface area contributed by atoms with Gasteiger partial charge in [0.1, 0.15) is 17.9 Å². The summed E-state index contributed by atoms with van der Waals surface area (Å²) in [4.78, 5) is 44.9. The summed E-state index contributed by atoms with van der Waals surface area (Å²) in [6.07, 6.45) is 26.9. The van der Waals surface area contributed by atoms with Crippen LogP contribution in [0.1, 0.15) is 113 Å². The molecule has 0 radical (unpaired) electrons. The number of ether oxygens (including phenoxy) is 1. The minimum atomic E-state index is -0.625. The molecule has 0 aliphatic heterocycles. The van der Waals surface area contributed by atoms with Crippen LogP contribution >= 0.6 is 0 Å². The number of rotatable bonds is 22. The number of aromatic nitrogens is 7. The Balaban J connectivity index is 1.04. The van der Waals surface area contributed by atoms with Crippen molar-refractivity contribution in [2.75, 3.05) is 12.3 Å². The summed E-state index contributed by atoms with van der Waals surface area (Å²) in [7, 11) is 0. The number of anilines is 1. The molecule has 4 heterocycles. The van der Waals surface area contributed by atoms with Gasteiger partial charge in [0, 0.05) is 35.8 Å². The van der Waals surface area contributed by atoms with Crippen molar-refractivity contribution >= 4 is 34.1 Å². The number of amides is 1. The Labute approximate surface area is 345 Å². The van der Waals surface area contributed by atoms with Crippen LogP contribution in [0.3, 0.4) is 0 Å². The van der Waals surface area contributed by atoms with E-state index in [4.69, 9.17) is 10.5 Å². The van der Waals surface area contributed by atoms with Crippen LogP contribution in [0.25, 0.3) is 33.4 Å². The van der Waals surface area contributed by atoms with E-state index in [1.54, 1.807) is 33.9 Å². The zero-order chi connectivity index (χ0) is 41.4. The summed E-state index contributed by atoms with van der Waals surface area (Å²) in [5, 5.41) is 17.0. The molecule has 3 N–H and O–H groups in total. The molecule has 0 fully saturated rings. The van der Waals surface area contributed by atoms with Crippen LogP contribution in [0.4, 0.5) is 5.82 Å². The van der Waals surface area contributed by atoms with Crippen molar-refractivity contribution < 1.29 is 14.3 Å². The number of pyridine rings is 1. The molecule has 0 spiro atoms. The molecule has 0 saturated carbocycles. The van der Waals surface area contributed by atoms with Crippen LogP contribution in [0.15, 0.2) is 108 Å². The SMILES string of the molecule is CCCCC/C=C/C/C=C\CCCCCCCC(=O)OCCn1cc(-c2cccc3cc([C@@H](C)NC(=O)c4c(N)nn5cccnc45)n(-c4ccccc4)c(=O)c23)nn1. The Morgan fingerprint density at radius 2 is 1.68 bits per heavy atom. The van der Waals surface area contributed by atoms with Gasteiger partial charge in [0.05, 0.1) is 24.2 Å². The Morgan fingerprint density at radius 3 is 2.47 bits per heavy atom. The van der Waals surface area contributed by atoms with Gasteiger partial charge in [0.25, 0.3) is 11.5 Å². The smallest absolute Gasteiger partial charge is 0.305 e. The van der Waals surface area contributed by atoms with Crippen molar-refractivity contribution in [1.29, 1.82) is 0 Å². The van der Waals surface area contributed by atoms with Crippen LogP contribution < -0.4 is 16.6 Å². The van der Waals surface area contributed by atoms with E-state index >= 15 is 0 Å². The van der Waals surface area contributed by atoms with E-state index in [1.807, 2.05) is 61.5 Å². The summed E-state index contributed by atoms with van der Waals surface area (Å²) < 4.78 is 10.2. The van der Waals surface area contributed by atoms with Crippen LogP contribution in [0.5, 0.6) is 0 Å². The maximum atomic E-state index is 14.6. The Morgan fingerprint density at radius 1 is 0.915 bits per heavy atom. The van der Waals surface area contributed by atoms with Gasteiger partial charge in [-0.05, 0) is 75.1 Å². The van der Waals surface area contributed by atoms with E-state index in [-0.39, 0.29) is 29.5 Å². The summed E-state index contributed by atoms with van der Waals surface area (Å²) >= 11 is 0. The molecule has 6 rings (SSSR count). The number of para-hydroxylation sites is 1. The summed E-state index contributed by atoms with van der Waals surface area (Å²) in [5.41, 5.74) is 8.65. The quantitative estimate of drug-likeness (QED) is 0.0388. The van der Waals surface area contributed by atoms with Crippen molar-refractivity contribution in [2.24, 2.45) is 0 Å². The lowest BCUT2D eigenvalue weighted by atomic mass is 10.0. The maximum absolute atomic E-state index is 14.6. The third-order valence-electron chi connectivity index (χ3n) is 10.3. The highest BCUT2D eigenvalue weighted by molar-refractivity contribution is 6.04. The number of hydrogen-bond donors (Lipinski definition) is 2. The average molecular weight is 798 g/mol. The van der Waals surface area contributed by atoms with Gasteiger partial charge >= 0.3 is 5.97 Å². The lowest BCUT2D eigenvalue weighted by Gasteiger charge is -2.21. The van der Waals surface area contributed by atoms with Crippen LogP contribution in [-0.4, -0.2) is 52.6 Å². The molecule has 6 aromatic rings. The third-order valence-corrected chi connectivity index (χ3v) is 10.3. The molecular formula is C46H55N9O4. The lowest BCUT2D eigenvalue weighted by molar-refractivity contribution is -0.144. The van der Waals surface area contributed by atoms with Crippen molar-refractivity contribution in [1.82, 2.24) is 39.5 Å². The molecule has 13 nitrogen and oxygen atoms in total. The van der Waals surface area contributed by atoms with Crippen LogP contribution in [-0.2, 0) is 16.1 Å². The largest absolute Gasteiger partial charge is 0.464 e. The minimum absolute atomic E-state index is 0.0515. The van der Waals surface area contributed by atoms with Crippen LogP contribution in [0, 0.1) is 0 Å². The zero-order valence-electron chi connectivity index (χ0n) is 34.1. The van der Waals surface area contributed by atoms with Crippen molar-refractivity contribution in [2.45, 2.75) is 103 Å². The molecular weight excluding hydrogens is 743 g/mol. The molecule has 4 aromatic heterocycles. The van der Waals surface area contributed by atoms with E-state index in [9.17, 15) is 14.4 Å². The Kier molecular flexibility index (Phi) is 15.3. The van der Waals surface area contributed by atoms with Gasteiger partial charge in [0.15, 0.2) is 11.5 Å². The van der Waals surface area contributed by atoms with Gasteiger partial charge in [-0.15, -0.1) is 10.2 Å². The average Bonchev–Trinajstić information content (AvgIpc) is 3.85. The van der Waals surface area contributed by atoms with E-state index in [2.05, 4.69) is 56.9 Å². The predicted octanol–water partition coefficient (Wildman–Crippen LogP) is 8.72. The topological polar surface area (TPSA) is 164 Å². The summed E-state index contributed by atoms with van der Waals surface area (Å²) in [6, 6.07) is 17.8. The summed E-state index contributed by atoms with van der Waals surface area (Å²) in [6.45, 7) is 4.54. The highest BCUT2D eigenvalue weighted by atomic mass is 16.5. The zero-order valence-corrected chi connectivity index (χ0v) is 34.1. The molecule has 0 bridgehead atoms. The molecule has 13 heteroatoms. The first-order chi connectivity index (χ1) is 28.9. The first-order valence-electron chi connectivity index (χ1n) is 20.9. The molecule has 0 aliphatic rings. The third kappa shape index (κ3) is 11.2. The number of nitrogens with zero attached hydrogens (tertiary/aromatic N) is 7. The molecule has 0 aliphatic carbocycles. The van der Waals surface area contributed by atoms with Crippen LogP contribution in [0.2, 0.25) is 0 Å².